The van der Waals surface area contributed by atoms with Crippen LogP contribution in [0.25, 0.3) is 0 Å². The van der Waals surface area contributed by atoms with Crippen LogP contribution in [-0.2, 0) is 19.1 Å². The molecule has 2 unspecified atom stereocenters. The predicted molar refractivity (Wildman–Crippen MR) is 124 cm³/mol. The molecule has 12 heteroatoms. The van der Waals surface area contributed by atoms with E-state index in [1.807, 2.05) is 18.5 Å². The highest BCUT2D eigenvalue weighted by atomic mass is 127. The van der Waals surface area contributed by atoms with Crippen molar-refractivity contribution in [1.29, 1.82) is 0 Å². The van der Waals surface area contributed by atoms with Gasteiger partial charge in [-0.3, -0.25) is 4.99 Å². The maximum Gasteiger partial charge on any atom is 0.416 e. The van der Waals surface area contributed by atoms with E-state index in [9.17, 15) is 18.3 Å². The minimum atomic E-state index is -4.44. The molecule has 1 aromatic carbocycles. The highest BCUT2D eigenvalue weighted by molar-refractivity contribution is 14.0. The van der Waals surface area contributed by atoms with E-state index in [4.69, 9.17) is 4.74 Å². The molecule has 0 saturated heterocycles. The Morgan fingerprint density at radius 2 is 2.19 bits per heavy atom. The standard InChI is InChI=1S/C20H27F3N6O2.HI/c1-3-24-19(27-15-7-8-18-26-13(2)28-29(18)11-15)25-10-16(30)12-31-17-6-4-5-14(9-17)20(21,22)23;/h4-6,9,15-16,30H,3,7-8,10-12H2,1-2H3,(H2,24,25,27);1H. The van der Waals surface area contributed by atoms with Crippen LogP contribution in [0.2, 0.25) is 0 Å². The molecule has 2 atom stereocenters. The summed E-state index contributed by atoms with van der Waals surface area (Å²) in [4.78, 5) is 8.77. The predicted octanol–water partition coefficient (Wildman–Crippen LogP) is 2.53. The van der Waals surface area contributed by atoms with Gasteiger partial charge in [0.2, 0.25) is 0 Å². The number of aryl methyl sites for hydroxylation is 2. The number of aliphatic hydroxyl groups excluding tert-OH is 1. The van der Waals surface area contributed by atoms with Gasteiger partial charge in [-0.1, -0.05) is 6.07 Å². The van der Waals surface area contributed by atoms with Crippen LogP contribution in [0, 0.1) is 6.92 Å². The number of halogens is 4. The molecule has 0 bridgehead atoms. The van der Waals surface area contributed by atoms with Gasteiger partial charge in [0.05, 0.1) is 18.7 Å². The van der Waals surface area contributed by atoms with E-state index in [-0.39, 0.29) is 48.9 Å². The van der Waals surface area contributed by atoms with Crippen molar-refractivity contribution in [3.05, 3.63) is 41.5 Å². The summed E-state index contributed by atoms with van der Waals surface area (Å²) in [5, 5.41) is 21.0. The average Bonchev–Trinajstić information content (AvgIpc) is 3.09. The van der Waals surface area contributed by atoms with Gasteiger partial charge in [-0.2, -0.15) is 18.3 Å². The van der Waals surface area contributed by atoms with Gasteiger partial charge in [0.1, 0.15) is 30.1 Å². The Hall–Kier alpha value is -2.09. The minimum absolute atomic E-state index is 0. The Kier molecular flexibility index (Phi) is 9.55. The van der Waals surface area contributed by atoms with Crippen molar-refractivity contribution in [3.8, 4) is 5.75 Å². The molecule has 0 amide bonds. The number of hydrogen-bond donors (Lipinski definition) is 3. The summed E-state index contributed by atoms with van der Waals surface area (Å²) in [7, 11) is 0. The third kappa shape index (κ3) is 7.50. The number of aliphatic imine (C=N–C) groups is 1. The summed E-state index contributed by atoms with van der Waals surface area (Å²) in [5.41, 5.74) is -0.797. The van der Waals surface area contributed by atoms with Gasteiger partial charge in [0.15, 0.2) is 5.96 Å². The number of nitrogens with zero attached hydrogens (tertiary/aromatic N) is 4. The number of fused-ring (bicyclic) bond motifs is 1. The summed E-state index contributed by atoms with van der Waals surface area (Å²) in [6.07, 6.45) is -3.73. The number of guanidine groups is 1. The molecule has 2 aromatic rings. The highest BCUT2D eigenvalue weighted by Gasteiger charge is 2.30. The molecule has 1 aliphatic heterocycles. The fourth-order valence-electron chi connectivity index (χ4n) is 3.27. The van der Waals surface area contributed by atoms with Gasteiger partial charge in [-0.15, -0.1) is 24.0 Å². The summed E-state index contributed by atoms with van der Waals surface area (Å²) >= 11 is 0. The number of rotatable bonds is 7. The molecule has 32 heavy (non-hydrogen) atoms. The zero-order valence-corrected chi connectivity index (χ0v) is 20.2. The second-order valence-corrected chi connectivity index (χ2v) is 7.35. The molecule has 0 saturated carbocycles. The van der Waals surface area contributed by atoms with Crippen molar-refractivity contribution < 1.29 is 23.0 Å². The SMILES string of the molecule is CCNC(=NCC(O)COc1cccc(C(F)(F)F)c1)NC1CCc2nc(C)nn2C1.I. The molecule has 3 N–H and O–H groups in total. The average molecular weight is 568 g/mol. The lowest BCUT2D eigenvalue weighted by Crippen LogP contribution is -2.47. The van der Waals surface area contributed by atoms with Gasteiger partial charge in [-0.05, 0) is 38.5 Å². The van der Waals surface area contributed by atoms with Gasteiger partial charge >= 0.3 is 6.18 Å². The number of aromatic nitrogens is 3. The number of ether oxygens (including phenoxy) is 1. The van der Waals surface area contributed by atoms with Crippen LogP contribution in [0.1, 0.15) is 30.6 Å². The smallest absolute Gasteiger partial charge is 0.416 e. The summed E-state index contributed by atoms with van der Waals surface area (Å²) < 4.78 is 45.5. The molecular formula is C20H28F3IN6O2. The van der Waals surface area contributed by atoms with Crippen molar-refractivity contribution in [2.75, 3.05) is 19.7 Å². The van der Waals surface area contributed by atoms with Crippen LogP contribution in [0.4, 0.5) is 13.2 Å². The summed E-state index contributed by atoms with van der Waals surface area (Å²) in [5.74, 6) is 2.31. The second kappa shape index (κ2) is 11.7. The van der Waals surface area contributed by atoms with Gasteiger partial charge in [0, 0.05) is 19.0 Å². The maximum absolute atomic E-state index is 12.8. The second-order valence-electron chi connectivity index (χ2n) is 7.35. The van der Waals surface area contributed by atoms with Crippen LogP contribution < -0.4 is 15.4 Å². The quantitative estimate of drug-likeness (QED) is 0.270. The van der Waals surface area contributed by atoms with E-state index in [0.717, 1.165) is 36.6 Å². The van der Waals surface area contributed by atoms with E-state index in [1.54, 1.807) is 0 Å². The lowest BCUT2D eigenvalue weighted by atomic mass is 10.1. The van der Waals surface area contributed by atoms with Gasteiger partial charge in [-0.25, -0.2) is 9.67 Å². The van der Waals surface area contributed by atoms with E-state index in [2.05, 4.69) is 25.7 Å². The van der Waals surface area contributed by atoms with Crippen LogP contribution in [0.15, 0.2) is 29.3 Å². The molecule has 3 rings (SSSR count). The van der Waals surface area contributed by atoms with Crippen LogP contribution >= 0.6 is 24.0 Å². The van der Waals surface area contributed by atoms with Crippen LogP contribution in [0.3, 0.4) is 0 Å². The minimum Gasteiger partial charge on any atom is -0.491 e. The Balaban J connectivity index is 0.00000363. The molecule has 1 aliphatic rings. The zero-order chi connectivity index (χ0) is 22.4. The molecular weight excluding hydrogens is 540 g/mol. The van der Waals surface area contributed by atoms with Gasteiger partial charge < -0.3 is 20.5 Å². The topological polar surface area (TPSA) is 96.6 Å². The molecule has 8 nitrogen and oxygen atoms in total. The molecule has 2 heterocycles. The summed E-state index contributed by atoms with van der Waals surface area (Å²) in [6.45, 7) is 4.97. The van der Waals surface area contributed by atoms with E-state index in [0.29, 0.717) is 19.0 Å². The first kappa shape index (κ1) is 26.2. The normalized spacial score (nSPS) is 17.2. The molecule has 1 aromatic heterocycles. The fourth-order valence-corrected chi connectivity index (χ4v) is 3.27. The first-order valence-electron chi connectivity index (χ1n) is 10.2. The van der Waals surface area contributed by atoms with E-state index < -0.39 is 17.8 Å². The van der Waals surface area contributed by atoms with Crippen molar-refractivity contribution in [2.24, 2.45) is 4.99 Å². The third-order valence-electron chi connectivity index (χ3n) is 4.71. The van der Waals surface area contributed by atoms with Crippen molar-refractivity contribution >= 4 is 29.9 Å². The molecule has 0 fully saturated rings. The lowest BCUT2D eigenvalue weighted by Gasteiger charge is -2.25. The van der Waals surface area contributed by atoms with Crippen molar-refractivity contribution in [2.45, 2.75) is 51.6 Å². The number of aliphatic hydroxyl groups is 1. The third-order valence-corrected chi connectivity index (χ3v) is 4.71. The largest absolute Gasteiger partial charge is 0.491 e. The van der Waals surface area contributed by atoms with Crippen molar-refractivity contribution in [1.82, 2.24) is 25.4 Å². The first-order chi connectivity index (χ1) is 14.7. The highest BCUT2D eigenvalue weighted by Crippen LogP contribution is 2.31. The number of hydrogen-bond acceptors (Lipinski definition) is 5. The van der Waals surface area contributed by atoms with E-state index >= 15 is 0 Å². The summed E-state index contributed by atoms with van der Waals surface area (Å²) in [6, 6.07) is 4.67. The Morgan fingerprint density at radius 3 is 2.91 bits per heavy atom. The Bertz CT molecular complexity index is 906. The monoisotopic (exact) mass is 568 g/mol. The lowest BCUT2D eigenvalue weighted by molar-refractivity contribution is -0.137. The Labute approximate surface area is 201 Å². The van der Waals surface area contributed by atoms with E-state index in [1.165, 1.54) is 12.1 Å². The number of alkyl halides is 3. The first-order valence-corrected chi connectivity index (χ1v) is 10.2. The van der Waals surface area contributed by atoms with Crippen LogP contribution in [-0.4, -0.2) is 57.7 Å². The zero-order valence-electron chi connectivity index (χ0n) is 17.9. The Morgan fingerprint density at radius 1 is 1.41 bits per heavy atom. The maximum atomic E-state index is 12.8. The molecule has 0 spiro atoms. The molecule has 178 valence electrons. The fraction of sp³-hybridized carbons (Fsp3) is 0.550. The number of benzene rings is 1. The number of nitrogens with one attached hydrogen (secondary N) is 2. The molecule has 0 radical (unpaired) electrons. The van der Waals surface area contributed by atoms with Crippen LogP contribution in [0.5, 0.6) is 5.75 Å². The van der Waals surface area contributed by atoms with Crippen molar-refractivity contribution in [3.63, 3.8) is 0 Å². The van der Waals surface area contributed by atoms with Gasteiger partial charge in [0.25, 0.3) is 0 Å². The molecule has 0 aliphatic carbocycles.